The van der Waals surface area contributed by atoms with Gasteiger partial charge in [0.2, 0.25) is 0 Å². The molecule has 0 saturated heterocycles. The van der Waals surface area contributed by atoms with Crippen LogP contribution in [0.4, 0.5) is 0 Å². The second kappa shape index (κ2) is 5.98. The Kier molecular flexibility index (Phi) is 3.78. The fourth-order valence-electron chi connectivity index (χ4n) is 3.07. The molecule has 2 N–H and O–H groups in total. The molecule has 6 heteroatoms. The Morgan fingerprint density at radius 2 is 1.80 bits per heavy atom. The summed E-state index contributed by atoms with van der Waals surface area (Å²) in [6, 6.07) is 16.5. The summed E-state index contributed by atoms with van der Waals surface area (Å²) in [6.45, 7) is 0.448. The van der Waals surface area contributed by atoms with E-state index >= 15 is 0 Å². The van der Waals surface area contributed by atoms with Crippen molar-refractivity contribution in [1.82, 2.24) is 8.96 Å². The molecule has 0 aliphatic carbocycles. The van der Waals surface area contributed by atoms with Crippen LogP contribution in [-0.2, 0) is 16.4 Å². The van der Waals surface area contributed by atoms with Crippen LogP contribution in [0, 0.1) is 0 Å². The summed E-state index contributed by atoms with van der Waals surface area (Å²) in [5, 5.41) is 2.70. The molecule has 0 bridgehead atoms. The molecule has 25 heavy (non-hydrogen) atoms. The first-order chi connectivity index (χ1) is 12.1. The van der Waals surface area contributed by atoms with Crippen LogP contribution in [0.3, 0.4) is 0 Å². The van der Waals surface area contributed by atoms with Crippen molar-refractivity contribution in [3.8, 4) is 0 Å². The van der Waals surface area contributed by atoms with Gasteiger partial charge < -0.3 is 5.73 Å². The highest BCUT2D eigenvalue weighted by atomic mass is 32.2. The lowest BCUT2D eigenvalue weighted by Gasteiger charge is -2.08. The van der Waals surface area contributed by atoms with Crippen LogP contribution in [0.1, 0.15) is 5.56 Å². The Bertz CT molecular complexity index is 1180. The van der Waals surface area contributed by atoms with Crippen molar-refractivity contribution in [3.05, 3.63) is 72.6 Å². The second-order valence-electron chi connectivity index (χ2n) is 5.88. The van der Waals surface area contributed by atoms with Crippen molar-refractivity contribution in [2.24, 2.45) is 5.73 Å². The zero-order valence-corrected chi connectivity index (χ0v) is 14.3. The zero-order chi connectivity index (χ0) is 17.4. The molecule has 0 saturated carbocycles. The number of pyridine rings is 1. The van der Waals surface area contributed by atoms with Gasteiger partial charge >= 0.3 is 0 Å². The number of benzene rings is 2. The number of hydrogen-bond acceptors (Lipinski definition) is 4. The van der Waals surface area contributed by atoms with Gasteiger partial charge in [0.15, 0.2) is 5.65 Å². The van der Waals surface area contributed by atoms with Crippen molar-refractivity contribution < 1.29 is 8.42 Å². The minimum Gasteiger partial charge on any atom is -0.330 e. The molecule has 0 unspecified atom stereocenters. The highest BCUT2D eigenvalue weighted by molar-refractivity contribution is 7.90. The fraction of sp³-hybridized carbons (Fsp3) is 0.105. The summed E-state index contributed by atoms with van der Waals surface area (Å²) in [5.41, 5.74) is 6.98. The van der Waals surface area contributed by atoms with Gasteiger partial charge in [-0.05, 0) is 53.6 Å². The third-order valence-electron chi connectivity index (χ3n) is 4.31. The lowest BCUT2D eigenvalue weighted by atomic mass is 10.1. The van der Waals surface area contributed by atoms with Crippen molar-refractivity contribution in [1.29, 1.82) is 0 Å². The van der Waals surface area contributed by atoms with E-state index in [0.717, 1.165) is 21.7 Å². The predicted octanol–water partition coefficient (Wildman–Crippen LogP) is 2.93. The van der Waals surface area contributed by atoms with E-state index in [-0.39, 0.29) is 4.90 Å². The third kappa shape index (κ3) is 2.59. The second-order valence-corrected chi connectivity index (χ2v) is 7.69. The highest BCUT2D eigenvalue weighted by Gasteiger charge is 2.22. The summed E-state index contributed by atoms with van der Waals surface area (Å²) in [7, 11) is -3.74. The van der Waals surface area contributed by atoms with Gasteiger partial charge in [-0.15, -0.1) is 0 Å². The molecule has 4 rings (SSSR count). The summed E-state index contributed by atoms with van der Waals surface area (Å²) >= 11 is 0. The highest BCUT2D eigenvalue weighted by Crippen LogP contribution is 2.26. The number of nitrogens with zero attached hydrogens (tertiary/aromatic N) is 2. The minimum atomic E-state index is -3.74. The van der Waals surface area contributed by atoms with Gasteiger partial charge in [0, 0.05) is 17.8 Å². The van der Waals surface area contributed by atoms with Crippen LogP contribution >= 0.6 is 0 Å². The molecule has 0 aliphatic rings. The first-order valence-corrected chi connectivity index (χ1v) is 9.44. The average molecular weight is 351 g/mol. The normalized spacial score (nSPS) is 12.0. The molecule has 0 fully saturated rings. The average Bonchev–Trinajstić information content (AvgIpc) is 3.01. The van der Waals surface area contributed by atoms with Gasteiger partial charge in [0.05, 0.1) is 4.90 Å². The Labute approximate surface area is 145 Å². The van der Waals surface area contributed by atoms with Crippen molar-refractivity contribution >= 4 is 31.8 Å². The minimum absolute atomic E-state index is 0.244. The summed E-state index contributed by atoms with van der Waals surface area (Å²) < 4.78 is 27.7. The molecule has 0 amide bonds. The lowest BCUT2D eigenvalue weighted by Crippen LogP contribution is -2.12. The molecule has 5 nitrogen and oxygen atoms in total. The smallest absolute Gasteiger partial charge is 0.269 e. The molecule has 126 valence electrons. The number of nitrogens with two attached hydrogens (primary N) is 1. The van der Waals surface area contributed by atoms with Crippen LogP contribution < -0.4 is 5.73 Å². The monoisotopic (exact) mass is 351 g/mol. The Morgan fingerprint density at radius 3 is 2.60 bits per heavy atom. The summed E-state index contributed by atoms with van der Waals surface area (Å²) in [4.78, 5) is 4.52. The first-order valence-electron chi connectivity index (χ1n) is 8.00. The van der Waals surface area contributed by atoms with E-state index < -0.39 is 10.0 Å². The first kappa shape index (κ1) is 15.8. The van der Waals surface area contributed by atoms with Crippen LogP contribution in [-0.4, -0.2) is 23.9 Å². The molecular formula is C19H17N3O2S. The van der Waals surface area contributed by atoms with Gasteiger partial charge in [-0.2, -0.15) is 0 Å². The molecule has 2 heterocycles. The van der Waals surface area contributed by atoms with E-state index in [1.807, 2.05) is 36.4 Å². The largest absolute Gasteiger partial charge is 0.330 e. The summed E-state index contributed by atoms with van der Waals surface area (Å²) in [6.07, 6.45) is 3.83. The van der Waals surface area contributed by atoms with Crippen molar-refractivity contribution in [2.75, 3.05) is 6.54 Å². The maximum absolute atomic E-state index is 13.2. The van der Waals surface area contributed by atoms with Crippen LogP contribution in [0.15, 0.2) is 71.9 Å². The van der Waals surface area contributed by atoms with Gasteiger partial charge in [-0.1, -0.05) is 30.3 Å². The Balaban J connectivity index is 1.94. The van der Waals surface area contributed by atoms with Crippen molar-refractivity contribution in [3.63, 3.8) is 0 Å². The molecule has 2 aromatic carbocycles. The molecule has 0 spiro atoms. The van der Waals surface area contributed by atoms with E-state index in [0.29, 0.717) is 18.6 Å². The van der Waals surface area contributed by atoms with E-state index in [9.17, 15) is 8.42 Å². The van der Waals surface area contributed by atoms with Crippen molar-refractivity contribution in [2.45, 2.75) is 11.3 Å². The van der Waals surface area contributed by atoms with E-state index in [1.165, 1.54) is 3.97 Å². The van der Waals surface area contributed by atoms with E-state index in [1.54, 1.807) is 30.6 Å². The fourth-order valence-corrected chi connectivity index (χ4v) is 4.46. The number of rotatable bonds is 4. The molecule has 0 radical (unpaired) electrons. The van der Waals surface area contributed by atoms with Gasteiger partial charge in [0.1, 0.15) is 0 Å². The molecule has 0 aliphatic heterocycles. The number of aromatic nitrogens is 2. The number of hydrogen-bond donors (Lipinski definition) is 1. The summed E-state index contributed by atoms with van der Waals surface area (Å²) in [5.74, 6) is 0. The van der Waals surface area contributed by atoms with Crippen LogP contribution in [0.5, 0.6) is 0 Å². The molecule has 2 aromatic heterocycles. The maximum atomic E-state index is 13.2. The van der Waals surface area contributed by atoms with E-state index in [2.05, 4.69) is 4.98 Å². The Hall–Kier alpha value is -2.70. The lowest BCUT2D eigenvalue weighted by molar-refractivity contribution is 0.588. The molecule has 0 atom stereocenters. The van der Waals surface area contributed by atoms with Crippen LogP contribution in [0.25, 0.3) is 21.8 Å². The van der Waals surface area contributed by atoms with E-state index in [4.69, 9.17) is 5.73 Å². The van der Waals surface area contributed by atoms with Gasteiger partial charge in [-0.3, -0.25) is 0 Å². The van der Waals surface area contributed by atoms with Gasteiger partial charge in [-0.25, -0.2) is 17.4 Å². The Morgan fingerprint density at radius 1 is 1.00 bits per heavy atom. The van der Waals surface area contributed by atoms with Gasteiger partial charge in [0.25, 0.3) is 10.0 Å². The quantitative estimate of drug-likeness (QED) is 0.613. The van der Waals surface area contributed by atoms with Crippen LogP contribution in [0.2, 0.25) is 0 Å². The molecule has 4 aromatic rings. The maximum Gasteiger partial charge on any atom is 0.269 e. The topological polar surface area (TPSA) is 78.0 Å². The SMILES string of the molecule is NCCc1cn(S(=O)(=O)c2ccc3ccccc3c2)c2ncccc12. The molecular weight excluding hydrogens is 334 g/mol. The third-order valence-corrected chi connectivity index (χ3v) is 5.95. The standard InChI is InChI=1S/C19H17N3O2S/c20-10-9-16-13-22(19-18(16)6-3-11-21-19)25(23,24)17-8-7-14-4-1-2-5-15(14)12-17/h1-8,11-13H,9-10,20H2. The number of fused-ring (bicyclic) bond motifs is 2. The zero-order valence-electron chi connectivity index (χ0n) is 13.5. The predicted molar refractivity (Wildman–Crippen MR) is 99.0 cm³/mol.